The number of fused-ring (bicyclic) bond motifs is 6. The van der Waals surface area contributed by atoms with Crippen LogP contribution in [-0.2, 0) is 36.6 Å². The quantitative estimate of drug-likeness (QED) is 0.183. The van der Waals surface area contributed by atoms with Crippen molar-refractivity contribution in [1.82, 2.24) is 19.8 Å². The molecule has 2 aromatic heterocycles. The Morgan fingerprint density at radius 1 is 0.662 bits per heavy atom. The molecule has 0 aliphatic carbocycles. The molecular formula is C47H66N6O11S. The number of nitrogens with zero attached hydrogens (tertiary/aromatic N) is 4. The second-order valence-electron chi connectivity index (χ2n) is 19.3. The van der Waals surface area contributed by atoms with E-state index in [-0.39, 0.29) is 41.3 Å². The van der Waals surface area contributed by atoms with E-state index in [1.807, 2.05) is 73.8 Å². The molecule has 65 heavy (non-hydrogen) atoms. The van der Waals surface area contributed by atoms with Gasteiger partial charge in [0.15, 0.2) is 0 Å². The number of aromatic nitrogens is 2. The first-order valence-corrected chi connectivity index (χ1v) is 24.3. The fourth-order valence-electron chi connectivity index (χ4n) is 8.60. The van der Waals surface area contributed by atoms with E-state index < -0.39 is 21.3 Å². The average Bonchev–Trinajstić information content (AvgIpc) is 3.21. The van der Waals surface area contributed by atoms with Crippen molar-refractivity contribution in [3.8, 4) is 11.5 Å². The van der Waals surface area contributed by atoms with Crippen LogP contribution in [0.5, 0.6) is 11.5 Å². The van der Waals surface area contributed by atoms with E-state index in [4.69, 9.17) is 18.4 Å². The summed E-state index contributed by atoms with van der Waals surface area (Å²) in [6, 6.07) is 10.9. The Morgan fingerprint density at radius 3 is 1.54 bits per heavy atom. The van der Waals surface area contributed by atoms with E-state index in [0.717, 1.165) is 108 Å². The lowest BCUT2D eigenvalue weighted by Gasteiger charge is -2.33. The number of pyridine rings is 2. The molecule has 0 atom stereocenters. The molecule has 4 aliphatic heterocycles. The summed E-state index contributed by atoms with van der Waals surface area (Å²) in [5, 5.41) is 11.5. The van der Waals surface area contributed by atoms with Gasteiger partial charge >= 0.3 is 12.2 Å². The maximum absolute atomic E-state index is 12.4. The third-order valence-electron chi connectivity index (χ3n) is 11.5. The molecule has 3 N–H and O–H groups in total. The predicted molar refractivity (Wildman–Crippen MR) is 252 cm³/mol. The molecule has 17 nitrogen and oxygen atoms in total. The standard InChI is InChI=1S/C23H31N3O4.C13H14N2O2.C11H21NO5S/c1-23(2,3)30-22(28)26-12-9-15(10-13-26)29-16-7-8-19-18(14-16)20-17(21(27)24-19)6-5-11-25(20)4;1-15-6-2-3-9-12(15)10-7-8(16)4-5-11(10)14-13(9)17;1-11(2,3)16-10(13)12-7-5-9(6-8-12)17-18(4,14)15/h7-8,14-15H,5-6,9-13H2,1-4H3,(H,24,27);4-5,7,16H,2-3,6H2,1H3,(H,14,17);9H,5-8H2,1-4H3. The lowest BCUT2D eigenvalue weighted by atomic mass is 10.00. The van der Waals surface area contributed by atoms with Crippen LogP contribution >= 0.6 is 0 Å². The molecule has 18 heteroatoms. The van der Waals surface area contributed by atoms with Crippen molar-refractivity contribution < 1.29 is 41.5 Å². The number of phenols is 1. The lowest BCUT2D eigenvalue weighted by Crippen LogP contribution is -2.44. The number of aromatic amines is 2. The number of hydrogen-bond acceptors (Lipinski definition) is 13. The Morgan fingerprint density at radius 2 is 1.09 bits per heavy atom. The number of piperidine rings is 2. The number of H-pyrrole nitrogens is 2. The van der Waals surface area contributed by atoms with Gasteiger partial charge in [0.05, 0.1) is 34.8 Å². The summed E-state index contributed by atoms with van der Waals surface area (Å²) in [5.74, 6) is 1.03. The van der Waals surface area contributed by atoms with Gasteiger partial charge in [-0.15, -0.1) is 0 Å². The maximum Gasteiger partial charge on any atom is 0.410 e. The van der Waals surface area contributed by atoms with E-state index in [9.17, 15) is 32.7 Å². The predicted octanol–water partition coefficient (Wildman–Crippen LogP) is 6.67. The van der Waals surface area contributed by atoms with Crippen LogP contribution in [0.25, 0.3) is 21.8 Å². The molecule has 2 amide bonds. The average molecular weight is 923 g/mol. The first kappa shape index (κ1) is 49.0. The Labute approximate surface area is 381 Å². The van der Waals surface area contributed by atoms with Crippen LogP contribution in [0, 0.1) is 0 Å². The van der Waals surface area contributed by atoms with Crippen LogP contribution in [0.4, 0.5) is 21.0 Å². The fourth-order valence-corrected chi connectivity index (χ4v) is 9.29. The zero-order chi connectivity index (χ0) is 47.4. The summed E-state index contributed by atoms with van der Waals surface area (Å²) in [7, 11) is 0.601. The van der Waals surface area contributed by atoms with Crippen molar-refractivity contribution in [2.75, 3.05) is 69.4 Å². The minimum Gasteiger partial charge on any atom is -0.508 e. The monoisotopic (exact) mass is 922 g/mol. The molecule has 356 valence electrons. The molecule has 6 heterocycles. The summed E-state index contributed by atoms with van der Waals surface area (Å²) in [4.78, 5) is 61.9. The highest BCUT2D eigenvalue weighted by atomic mass is 32.2. The Bertz CT molecular complexity index is 2580. The molecule has 2 saturated heterocycles. The number of nitrogens with one attached hydrogen (secondary N) is 2. The normalized spacial score (nSPS) is 17.3. The summed E-state index contributed by atoms with van der Waals surface area (Å²) in [6.45, 7) is 15.1. The highest BCUT2D eigenvalue weighted by molar-refractivity contribution is 7.86. The number of likely N-dealkylation sites (tertiary alicyclic amines) is 2. The van der Waals surface area contributed by atoms with Gasteiger partial charge in [0.25, 0.3) is 21.2 Å². The number of aromatic hydroxyl groups is 1. The first-order valence-electron chi connectivity index (χ1n) is 22.4. The third-order valence-corrected chi connectivity index (χ3v) is 12.1. The van der Waals surface area contributed by atoms with Crippen molar-refractivity contribution in [2.24, 2.45) is 0 Å². The number of carbonyl (C=O) groups excluding carboxylic acids is 2. The molecule has 0 saturated carbocycles. The van der Waals surface area contributed by atoms with Crippen molar-refractivity contribution in [1.29, 1.82) is 0 Å². The van der Waals surface area contributed by atoms with Crippen LogP contribution in [0.1, 0.15) is 91.2 Å². The number of benzene rings is 2. The summed E-state index contributed by atoms with van der Waals surface area (Å²) in [5.41, 5.74) is 4.28. The van der Waals surface area contributed by atoms with E-state index in [1.54, 1.807) is 28.0 Å². The topological polar surface area (TPSA) is 204 Å². The number of amides is 2. The van der Waals surface area contributed by atoms with Crippen LogP contribution in [0.15, 0.2) is 46.0 Å². The highest BCUT2D eigenvalue weighted by Gasteiger charge is 2.30. The van der Waals surface area contributed by atoms with E-state index in [1.165, 1.54) is 0 Å². The van der Waals surface area contributed by atoms with Crippen molar-refractivity contribution in [2.45, 2.75) is 116 Å². The smallest absolute Gasteiger partial charge is 0.410 e. The molecule has 4 aromatic rings. The van der Waals surface area contributed by atoms with Crippen LogP contribution in [0.2, 0.25) is 0 Å². The van der Waals surface area contributed by atoms with E-state index in [0.29, 0.717) is 39.0 Å². The Balaban J connectivity index is 0.000000172. The molecule has 8 rings (SSSR count). The second kappa shape index (κ2) is 19.9. The highest BCUT2D eigenvalue weighted by Crippen LogP contribution is 2.35. The number of anilines is 2. The van der Waals surface area contributed by atoms with Gasteiger partial charge < -0.3 is 48.9 Å². The number of ether oxygens (including phenoxy) is 3. The van der Waals surface area contributed by atoms with Crippen LogP contribution in [0.3, 0.4) is 0 Å². The zero-order valence-corrected chi connectivity index (χ0v) is 40.1. The van der Waals surface area contributed by atoms with E-state index in [2.05, 4.69) is 19.8 Å². The van der Waals surface area contributed by atoms with Gasteiger partial charge in [0, 0.05) is 88.1 Å². The van der Waals surface area contributed by atoms with Crippen molar-refractivity contribution in [3.05, 3.63) is 68.2 Å². The molecule has 4 aliphatic rings. The number of rotatable bonds is 4. The second-order valence-corrected chi connectivity index (χ2v) is 20.9. The largest absolute Gasteiger partial charge is 0.508 e. The molecule has 2 fully saturated rings. The molecule has 0 unspecified atom stereocenters. The summed E-state index contributed by atoms with van der Waals surface area (Å²) >= 11 is 0. The van der Waals surface area contributed by atoms with Gasteiger partial charge in [-0.1, -0.05) is 0 Å². The SMILES string of the molecule is CC(C)(C)OC(=O)N1CCC(OS(C)(=O)=O)CC1.CN1CCCc2c1c1cc(O)ccc1[nH]c2=O.CN1CCCc2c1c1cc(OC3CCN(C(=O)OC(C)(C)C)CC3)ccc1[nH]c2=O. The van der Waals surface area contributed by atoms with Gasteiger partial charge in [0.2, 0.25) is 0 Å². The molecular weight excluding hydrogens is 857 g/mol. The molecule has 0 spiro atoms. The number of carbonyl (C=O) groups is 2. The van der Waals surface area contributed by atoms with Gasteiger partial charge in [-0.2, -0.15) is 8.42 Å². The molecule has 0 radical (unpaired) electrons. The maximum atomic E-state index is 12.4. The number of phenolic OH excluding ortho intramolecular Hbond substituents is 1. The molecule has 2 aromatic carbocycles. The van der Waals surface area contributed by atoms with Gasteiger partial charge in [-0.25, -0.2) is 9.59 Å². The van der Waals surface area contributed by atoms with Gasteiger partial charge in [0.1, 0.15) is 28.8 Å². The first-order chi connectivity index (χ1) is 30.4. The zero-order valence-electron chi connectivity index (χ0n) is 39.2. The minimum atomic E-state index is -3.42. The Hall–Kier alpha value is -5.49. The number of hydrogen-bond donors (Lipinski definition) is 3. The van der Waals surface area contributed by atoms with E-state index >= 15 is 0 Å². The lowest BCUT2D eigenvalue weighted by molar-refractivity contribution is 0.0117. The minimum absolute atomic E-state index is 0.00670. The fraction of sp³-hybridized carbons (Fsp3) is 0.574. The molecule has 0 bridgehead atoms. The van der Waals surface area contributed by atoms with Crippen molar-refractivity contribution >= 4 is 55.5 Å². The van der Waals surface area contributed by atoms with Crippen LogP contribution < -0.4 is 25.7 Å². The van der Waals surface area contributed by atoms with Crippen LogP contribution in [-0.4, -0.2) is 129 Å². The third kappa shape index (κ3) is 13.1. The summed E-state index contributed by atoms with van der Waals surface area (Å²) < 4.78 is 43.8. The van der Waals surface area contributed by atoms with Gasteiger partial charge in [-0.3, -0.25) is 13.8 Å². The van der Waals surface area contributed by atoms with Gasteiger partial charge in [-0.05, 0) is 116 Å². The Kier molecular flexibility index (Phi) is 15.0. The van der Waals surface area contributed by atoms with Crippen molar-refractivity contribution in [3.63, 3.8) is 0 Å². The summed E-state index contributed by atoms with van der Waals surface area (Å²) in [6.07, 6.45) is 6.27.